The normalized spacial score (nSPS) is 11.0. The number of aryl methyl sites for hydroxylation is 1. The Hall–Kier alpha value is -5.61. The highest BCUT2D eigenvalue weighted by Gasteiger charge is 2.16. The molecule has 0 bridgehead atoms. The number of benzene rings is 6. The highest BCUT2D eigenvalue weighted by molar-refractivity contribution is 5.92. The van der Waals surface area contributed by atoms with Gasteiger partial charge in [0.25, 0.3) is 0 Å². The molecule has 0 heterocycles. The van der Waals surface area contributed by atoms with Crippen molar-refractivity contribution >= 4 is 10.8 Å². The van der Waals surface area contributed by atoms with E-state index in [0.29, 0.717) is 57.9 Å². The molecule has 0 aliphatic rings. The molecule has 2 nitrogen and oxygen atoms in total. The van der Waals surface area contributed by atoms with Crippen molar-refractivity contribution in [3.8, 4) is 56.7 Å². The maximum Gasteiger partial charge on any atom is 0.142 e. The van der Waals surface area contributed by atoms with Crippen LogP contribution in [-0.2, 0) is 0 Å². The van der Waals surface area contributed by atoms with E-state index in [1.165, 1.54) is 18.2 Å². The second kappa shape index (κ2) is 15.5. The minimum Gasteiger partial charge on any atom is -0.494 e. The van der Waals surface area contributed by atoms with Gasteiger partial charge >= 0.3 is 0 Å². The summed E-state index contributed by atoms with van der Waals surface area (Å²) in [5.74, 6) is 2.62. The van der Waals surface area contributed by atoms with Gasteiger partial charge in [-0.15, -0.1) is 0 Å². The molecule has 0 aliphatic carbocycles. The van der Waals surface area contributed by atoms with Crippen LogP contribution in [0.3, 0.4) is 0 Å². The van der Waals surface area contributed by atoms with Crippen LogP contribution in [0.4, 0.5) is 22.0 Å². The Kier molecular flexibility index (Phi) is 10.7. The molecule has 7 heteroatoms. The predicted octanol–water partition coefficient (Wildman–Crippen LogP) is 12.2. The second-order valence-corrected chi connectivity index (χ2v) is 12.3. The fourth-order valence-electron chi connectivity index (χ4n) is 5.84. The first kappa shape index (κ1) is 35.2. The van der Waals surface area contributed by atoms with E-state index >= 15 is 17.6 Å². The molecule has 6 aromatic carbocycles. The third kappa shape index (κ3) is 7.76. The van der Waals surface area contributed by atoms with Gasteiger partial charge in [-0.1, -0.05) is 68.5 Å². The first-order chi connectivity index (χ1) is 24.7. The van der Waals surface area contributed by atoms with Gasteiger partial charge in [-0.2, -0.15) is 0 Å². The summed E-state index contributed by atoms with van der Waals surface area (Å²) >= 11 is 0. The summed E-state index contributed by atoms with van der Waals surface area (Å²) in [5, 5.41) is 0.829. The van der Waals surface area contributed by atoms with E-state index < -0.39 is 34.6 Å². The first-order valence-corrected chi connectivity index (χ1v) is 16.9. The van der Waals surface area contributed by atoms with Crippen LogP contribution in [0.2, 0.25) is 0 Å². The van der Waals surface area contributed by atoms with Gasteiger partial charge in [0.1, 0.15) is 40.6 Å². The maximum absolute atomic E-state index is 15.9. The maximum atomic E-state index is 15.9. The van der Waals surface area contributed by atoms with E-state index in [-0.39, 0.29) is 22.1 Å². The van der Waals surface area contributed by atoms with Crippen LogP contribution in [0.15, 0.2) is 97.1 Å². The Bertz CT molecular complexity index is 2240. The van der Waals surface area contributed by atoms with Gasteiger partial charge in [0.2, 0.25) is 0 Å². The van der Waals surface area contributed by atoms with Crippen molar-refractivity contribution in [2.24, 2.45) is 0 Å². The average molecular weight is 691 g/mol. The van der Waals surface area contributed by atoms with Crippen LogP contribution in [0.5, 0.6) is 11.5 Å². The van der Waals surface area contributed by atoms with E-state index in [4.69, 9.17) is 9.47 Å². The highest BCUT2D eigenvalue weighted by atomic mass is 19.1. The average Bonchev–Trinajstić information content (AvgIpc) is 3.11. The number of ether oxygens (including phenoxy) is 2. The molecular formula is C44H35F5O2. The molecule has 0 N–H and O–H groups in total. The molecule has 0 aliphatic heterocycles. The Labute approximate surface area is 294 Å². The van der Waals surface area contributed by atoms with Crippen LogP contribution in [-0.4, -0.2) is 13.2 Å². The molecule has 6 rings (SSSR count). The van der Waals surface area contributed by atoms with Crippen molar-refractivity contribution in [1.29, 1.82) is 0 Å². The number of halogens is 5. The lowest BCUT2D eigenvalue weighted by atomic mass is 9.95. The zero-order valence-corrected chi connectivity index (χ0v) is 28.5. The molecule has 0 amide bonds. The topological polar surface area (TPSA) is 18.5 Å². The van der Waals surface area contributed by atoms with E-state index in [1.807, 2.05) is 6.92 Å². The molecule has 0 saturated heterocycles. The Morgan fingerprint density at radius 3 is 1.82 bits per heavy atom. The number of rotatable bonds is 10. The van der Waals surface area contributed by atoms with Gasteiger partial charge in [-0.25, -0.2) is 22.0 Å². The summed E-state index contributed by atoms with van der Waals surface area (Å²) in [4.78, 5) is 0. The van der Waals surface area contributed by atoms with Gasteiger partial charge in [0.05, 0.1) is 24.3 Å². The molecule has 0 unspecified atom stereocenters. The van der Waals surface area contributed by atoms with Crippen LogP contribution < -0.4 is 9.47 Å². The van der Waals surface area contributed by atoms with E-state index in [1.54, 1.807) is 79.7 Å². The minimum absolute atomic E-state index is 0.0562. The zero-order valence-electron chi connectivity index (χ0n) is 28.5. The predicted molar refractivity (Wildman–Crippen MR) is 193 cm³/mol. The summed E-state index contributed by atoms with van der Waals surface area (Å²) in [5.41, 5.74) is 2.12. The summed E-state index contributed by atoms with van der Waals surface area (Å²) in [6.07, 6.45) is 2.74. The summed E-state index contributed by atoms with van der Waals surface area (Å²) in [6, 6.07) is 24.8. The number of unbranched alkanes of at least 4 members (excludes halogenated alkanes) is 1. The number of fused-ring (bicyclic) bond motifs is 1. The Morgan fingerprint density at radius 2 is 1.14 bits per heavy atom. The molecule has 0 atom stereocenters. The van der Waals surface area contributed by atoms with Crippen LogP contribution in [0.1, 0.15) is 49.8 Å². The lowest BCUT2D eigenvalue weighted by Crippen LogP contribution is -1.97. The van der Waals surface area contributed by atoms with Crippen LogP contribution in [0, 0.1) is 47.9 Å². The van der Waals surface area contributed by atoms with Crippen molar-refractivity contribution in [2.45, 2.75) is 40.0 Å². The quantitative estimate of drug-likeness (QED) is 0.0809. The molecule has 258 valence electrons. The fraction of sp³-hybridized carbons (Fsp3) is 0.182. The van der Waals surface area contributed by atoms with Crippen molar-refractivity contribution in [3.05, 3.63) is 143 Å². The van der Waals surface area contributed by atoms with Crippen molar-refractivity contribution < 1.29 is 31.4 Å². The molecular weight excluding hydrogens is 655 g/mol. The van der Waals surface area contributed by atoms with Crippen molar-refractivity contribution in [3.63, 3.8) is 0 Å². The minimum atomic E-state index is -0.877. The van der Waals surface area contributed by atoms with Crippen LogP contribution >= 0.6 is 0 Å². The Morgan fingerprint density at radius 1 is 0.510 bits per heavy atom. The van der Waals surface area contributed by atoms with E-state index in [2.05, 4.69) is 18.8 Å². The zero-order chi connectivity index (χ0) is 36.1. The van der Waals surface area contributed by atoms with E-state index in [0.717, 1.165) is 25.3 Å². The van der Waals surface area contributed by atoms with E-state index in [9.17, 15) is 4.39 Å². The summed E-state index contributed by atoms with van der Waals surface area (Å²) < 4.78 is 87.6. The lowest BCUT2D eigenvalue weighted by Gasteiger charge is -2.12. The molecule has 0 fully saturated rings. The standard InChI is InChI=1S/C44H35F5O2/c1-4-6-20-51-33-11-7-28(8-12-33)31-23-41(46)39(42(47)24-31)18-17-35-27(3)21-32(25-40(35)45)38-15-10-30-22-29(9-14-37(30)44(38)49)36-16-13-34(26-43(36)48)50-19-5-2/h7-16,21-26H,4-6,19-20H2,1-3H3. The van der Waals surface area contributed by atoms with Gasteiger partial charge in [0.15, 0.2) is 0 Å². The fourth-order valence-corrected chi connectivity index (χ4v) is 5.84. The van der Waals surface area contributed by atoms with Crippen molar-refractivity contribution in [2.75, 3.05) is 13.2 Å². The van der Waals surface area contributed by atoms with Crippen LogP contribution in [0.25, 0.3) is 44.2 Å². The molecule has 0 aromatic heterocycles. The molecule has 6 aromatic rings. The molecule has 0 radical (unpaired) electrons. The number of hydrogen-bond donors (Lipinski definition) is 0. The lowest BCUT2D eigenvalue weighted by molar-refractivity contribution is 0.309. The molecule has 51 heavy (non-hydrogen) atoms. The number of hydrogen-bond acceptors (Lipinski definition) is 2. The smallest absolute Gasteiger partial charge is 0.142 e. The SMILES string of the molecule is CCCCOc1ccc(-c2cc(F)c(C#Cc3c(C)cc(-c4ccc5cc(-c6ccc(OCCC)cc6F)ccc5c4F)cc3F)c(F)c2)cc1. The third-order valence-corrected chi connectivity index (χ3v) is 8.59. The second-order valence-electron chi connectivity index (χ2n) is 12.3. The largest absolute Gasteiger partial charge is 0.494 e. The van der Waals surface area contributed by atoms with Gasteiger partial charge < -0.3 is 9.47 Å². The monoisotopic (exact) mass is 690 g/mol. The van der Waals surface area contributed by atoms with Gasteiger partial charge in [-0.3, -0.25) is 0 Å². The first-order valence-electron chi connectivity index (χ1n) is 16.9. The Balaban J connectivity index is 1.24. The summed E-state index contributed by atoms with van der Waals surface area (Å²) in [6.45, 7) is 6.71. The van der Waals surface area contributed by atoms with Gasteiger partial charge in [-0.05, 0) is 108 Å². The van der Waals surface area contributed by atoms with Crippen molar-refractivity contribution in [1.82, 2.24) is 0 Å². The van der Waals surface area contributed by atoms with Gasteiger partial charge in [0, 0.05) is 22.6 Å². The highest BCUT2D eigenvalue weighted by Crippen LogP contribution is 2.35. The summed E-state index contributed by atoms with van der Waals surface area (Å²) in [7, 11) is 0. The third-order valence-electron chi connectivity index (χ3n) is 8.59. The molecule has 0 saturated carbocycles. The molecule has 0 spiro atoms.